The SMILES string of the molecule is C1=CN2C=C3CCCCC3=CC2c2[nH]c3ccccc3c21. The van der Waals surface area contributed by atoms with Crippen molar-refractivity contribution < 1.29 is 0 Å². The van der Waals surface area contributed by atoms with Crippen LogP contribution in [0.5, 0.6) is 0 Å². The minimum atomic E-state index is 0.342. The maximum atomic E-state index is 3.64. The molecule has 104 valence electrons. The zero-order valence-corrected chi connectivity index (χ0v) is 12.0. The fraction of sp³-hybridized carbons (Fsp3) is 0.263. The van der Waals surface area contributed by atoms with Crippen LogP contribution >= 0.6 is 0 Å². The number of nitrogens with zero attached hydrogens (tertiary/aromatic N) is 1. The Morgan fingerprint density at radius 1 is 1.05 bits per heavy atom. The largest absolute Gasteiger partial charge is 0.356 e. The van der Waals surface area contributed by atoms with E-state index in [0.29, 0.717) is 6.04 Å². The number of rotatable bonds is 0. The third-order valence-electron chi connectivity index (χ3n) is 5.03. The van der Waals surface area contributed by atoms with E-state index in [4.69, 9.17) is 0 Å². The summed E-state index contributed by atoms with van der Waals surface area (Å²) >= 11 is 0. The molecular weight excluding hydrogens is 256 g/mol. The summed E-state index contributed by atoms with van der Waals surface area (Å²) in [5, 5.41) is 1.33. The monoisotopic (exact) mass is 274 g/mol. The second kappa shape index (κ2) is 4.14. The van der Waals surface area contributed by atoms with Crippen molar-refractivity contribution in [1.29, 1.82) is 0 Å². The number of aromatic amines is 1. The van der Waals surface area contributed by atoms with E-state index in [0.717, 1.165) is 0 Å². The van der Waals surface area contributed by atoms with E-state index in [1.54, 1.807) is 11.1 Å². The molecule has 1 aliphatic carbocycles. The number of nitrogens with one attached hydrogen (secondary N) is 1. The quantitative estimate of drug-likeness (QED) is 0.724. The predicted octanol–water partition coefficient (Wildman–Crippen LogP) is 4.89. The Kier molecular flexibility index (Phi) is 2.25. The van der Waals surface area contributed by atoms with Crippen LogP contribution in [-0.2, 0) is 0 Å². The second-order valence-corrected chi connectivity index (χ2v) is 6.26. The normalized spacial score (nSPS) is 23.2. The van der Waals surface area contributed by atoms with Crippen molar-refractivity contribution in [2.45, 2.75) is 31.7 Å². The molecule has 1 saturated carbocycles. The van der Waals surface area contributed by atoms with Crippen LogP contribution in [0.25, 0.3) is 17.0 Å². The Hall–Kier alpha value is -2.22. The number of fused-ring (bicyclic) bond motifs is 6. The van der Waals surface area contributed by atoms with Crippen molar-refractivity contribution in [3.63, 3.8) is 0 Å². The van der Waals surface area contributed by atoms with E-state index in [1.165, 1.54) is 47.8 Å². The minimum absolute atomic E-state index is 0.342. The molecule has 2 nitrogen and oxygen atoms in total. The lowest BCUT2D eigenvalue weighted by Gasteiger charge is -2.35. The predicted molar refractivity (Wildman–Crippen MR) is 86.5 cm³/mol. The van der Waals surface area contributed by atoms with E-state index in [1.807, 2.05) is 0 Å². The van der Waals surface area contributed by atoms with Gasteiger partial charge in [-0.15, -0.1) is 0 Å². The standard InChI is InChI=1S/C19H18N2/c1-2-6-14-12-21-10-9-16-15-7-3-4-8-17(15)20-19(16)18(21)11-13(14)5-1/h3-4,7-12,18,20H,1-2,5-6H2. The number of aromatic nitrogens is 1. The van der Waals surface area contributed by atoms with Crippen molar-refractivity contribution in [2.75, 3.05) is 0 Å². The molecule has 1 N–H and O–H groups in total. The lowest BCUT2D eigenvalue weighted by atomic mass is 9.85. The van der Waals surface area contributed by atoms with E-state index in [9.17, 15) is 0 Å². The average molecular weight is 274 g/mol. The van der Waals surface area contributed by atoms with Crippen molar-refractivity contribution in [2.24, 2.45) is 0 Å². The van der Waals surface area contributed by atoms with Crippen LogP contribution in [0.4, 0.5) is 0 Å². The van der Waals surface area contributed by atoms with E-state index in [-0.39, 0.29) is 0 Å². The van der Waals surface area contributed by atoms with Crippen molar-refractivity contribution >= 4 is 17.0 Å². The highest BCUT2D eigenvalue weighted by molar-refractivity contribution is 5.91. The molecule has 2 aliphatic heterocycles. The number of para-hydroxylation sites is 1. The highest BCUT2D eigenvalue weighted by Gasteiger charge is 2.29. The molecular formula is C19H18N2. The Morgan fingerprint density at radius 3 is 2.86 bits per heavy atom. The van der Waals surface area contributed by atoms with Gasteiger partial charge in [-0.25, -0.2) is 0 Å². The Balaban J connectivity index is 1.69. The zero-order valence-electron chi connectivity index (χ0n) is 12.0. The summed E-state index contributed by atoms with van der Waals surface area (Å²) in [5.41, 5.74) is 7.05. The van der Waals surface area contributed by atoms with Gasteiger partial charge in [-0.3, -0.25) is 0 Å². The van der Waals surface area contributed by atoms with Crippen molar-refractivity contribution in [3.05, 3.63) is 65.1 Å². The third-order valence-corrected chi connectivity index (χ3v) is 5.03. The Labute approximate surface area is 124 Å². The van der Waals surface area contributed by atoms with Crippen molar-refractivity contribution in [3.8, 4) is 0 Å². The average Bonchev–Trinajstić information content (AvgIpc) is 2.92. The number of benzene rings is 1. The van der Waals surface area contributed by atoms with Gasteiger partial charge in [0.2, 0.25) is 0 Å². The van der Waals surface area contributed by atoms with Gasteiger partial charge >= 0.3 is 0 Å². The first-order chi connectivity index (χ1) is 10.4. The molecule has 2 aromatic rings. The van der Waals surface area contributed by atoms with Gasteiger partial charge < -0.3 is 9.88 Å². The van der Waals surface area contributed by atoms with Crippen LogP contribution in [0.3, 0.4) is 0 Å². The third kappa shape index (κ3) is 1.59. The first-order valence-electron chi connectivity index (χ1n) is 7.88. The van der Waals surface area contributed by atoms with Gasteiger partial charge in [0, 0.05) is 28.9 Å². The van der Waals surface area contributed by atoms with Crippen LogP contribution in [-0.4, -0.2) is 9.88 Å². The number of H-pyrrole nitrogens is 1. The molecule has 1 aromatic carbocycles. The van der Waals surface area contributed by atoms with Crippen LogP contribution in [0, 0.1) is 0 Å². The Morgan fingerprint density at radius 2 is 1.90 bits per heavy atom. The molecule has 1 atom stereocenters. The lowest BCUT2D eigenvalue weighted by Crippen LogP contribution is -2.25. The molecule has 0 amide bonds. The molecule has 0 bridgehead atoms. The van der Waals surface area contributed by atoms with E-state index >= 15 is 0 Å². The molecule has 0 radical (unpaired) electrons. The summed E-state index contributed by atoms with van der Waals surface area (Å²) in [7, 11) is 0. The molecule has 0 saturated heterocycles. The van der Waals surface area contributed by atoms with Crippen LogP contribution in [0.2, 0.25) is 0 Å². The van der Waals surface area contributed by atoms with Gasteiger partial charge in [-0.2, -0.15) is 0 Å². The number of hydrogen-bond donors (Lipinski definition) is 1. The van der Waals surface area contributed by atoms with E-state index in [2.05, 4.69) is 58.7 Å². The number of allylic oxidation sites excluding steroid dienone is 2. The minimum Gasteiger partial charge on any atom is -0.356 e. The van der Waals surface area contributed by atoms with Gasteiger partial charge in [0.15, 0.2) is 0 Å². The molecule has 3 aliphatic rings. The van der Waals surface area contributed by atoms with Crippen LogP contribution < -0.4 is 0 Å². The maximum Gasteiger partial charge on any atom is 0.0924 e. The maximum absolute atomic E-state index is 3.64. The fourth-order valence-electron chi connectivity index (χ4n) is 3.95. The summed E-state index contributed by atoms with van der Waals surface area (Å²) in [6.45, 7) is 0. The molecule has 21 heavy (non-hydrogen) atoms. The second-order valence-electron chi connectivity index (χ2n) is 6.26. The van der Waals surface area contributed by atoms with Gasteiger partial charge in [0.05, 0.1) is 11.7 Å². The smallest absolute Gasteiger partial charge is 0.0924 e. The summed E-state index contributed by atoms with van der Waals surface area (Å²) < 4.78 is 0. The van der Waals surface area contributed by atoms with E-state index < -0.39 is 0 Å². The molecule has 3 heterocycles. The molecule has 2 heteroatoms. The topological polar surface area (TPSA) is 19.0 Å². The van der Waals surface area contributed by atoms with Gasteiger partial charge in [-0.05, 0) is 49.0 Å². The molecule has 5 rings (SSSR count). The molecule has 0 spiro atoms. The lowest BCUT2D eigenvalue weighted by molar-refractivity contribution is 0.408. The summed E-state index contributed by atoms with van der Waals surface area (Å²) in [4.78, 5) is 6.01. The Bertz CT molecular complexity index is 819. The van der Waals surface area contributed by atoms with Gasteiger partial charge in [0.25, 0.3) is 0 Å². The highest BCUT2D eigenvalue weighted by atomic mass is 15.1. The fourth-order valence-corrected chi connectivity index (χ4v) is 3.95. The van der Waals surface area contributed by atoms with Gasteiger partial charge in [0.1, 0.15) is 0 Å². The number of hydrogen-bond acceptors (Lipinski definition) is 1. The summed E-state index contributed by atoms with van der Waals surface area (Å²) in [6.07, 6.45) is 14.5. The van der Waals surface area contributed by atoms with Crippen LogP contribution in [0.1, 0.15) is 43.0 Å². The summed E-state index contributed by atoms with van der Waals surface area (Å²) in [6, 6.07) is 8.94. The molecule has 1 fully saturated rings. The zero-order chi connectivity index (χ0) is 13.8. The first-order valence-corrected chi connectivity index (χ1v) is 7.88. The van der Waals surface area contributed by atoms with Crippen molar-refractivity contribution in [1.82, 2.24) is 9.88 Å². The molecule has 1 unspecified atom stereocenters. The molecule has 1 aromatic heterocycles. The highest BCUT2D eigenvalue weighted by Crippen LogP contribution is 2.42. The first kappa shape index (κ1) is 11.4. The van der Waals surface area contributed by atoms with Gasteiger partial charge in [-0.1, -0.05) is 24.3 Å². The summed E-state index contributed by atoms with van der Waals surface area (Å²) in [5.74, 6) is 0. The van der Waals surface area contributed by atoms with Crippen LogP contribution in [0.15, 0.2) is 53.9 Å².